The molecule has 1 N–H and O–H groups in total. The van der Waals surface area contributed by atoms with Gasteiger partial charge in [-0.2, -0.15) is 5.06 Å². The van der Waals surface area contributed by atoms with Crippen molar-refractivity contribution in [2.75, 3.05) is 14.2 Å². The second-order valence-electron chi connectivity index (χ2n) is 3.24. The maximum absolute atomic E-state index is 9.09. The molecule has 0 aliphatic rings. The molecule has 0 fully saturated rings. The molecular weight excluding hydrogens is 202 g/mol. The zero-order chi connectivity index (χ0) is 10.7. The molecule has 4 heteroatoms. The molecule has 0 spiro atoms. The van der Waals surface area contributed by atoms with Gasteiger partial charge in [-0.3, -0.25) is 0 Å². The van der Waals surface area contributed by atoms with Gasteiger partial charge >= 0.3 is 0 Å². The quantitative estimate of drug-likeness (QED) is 0.787. The number of ether oxygens (including phenoxy) is 1. The van der Waals surface area contributed by atoms with Crippen LogP contribution in [0, 0.1) is 6.92 Å². The third-order valence-electron chi connectivity index (χ3n) is 1.91. The normalized spacial score (nSPS) is 10.7. The van der Waals surface area contributed by atoms with Crippen LogP contribution in [0.2, 0.25) is 5.02 Å². The van der Waals surface area contributed by atoms with Crippen LogP contribution < -0.4 is 4.74 Å². The topological polar surface area (TPSA) is 32.7 Å². The molecule has 78 valence electrons. The zero-order valence-electron chi connectivity index (χ0n) is 8.54. The summed E-state index contributed by atoms with van der Waals surface area (Å²) < 4.78 is 5.12. The Kier molecular flexibility index (Phi) is 3.75. The maximum atomic E-state index is 9.09. The number of hydrogen-bond acceptors (Lipinski definition) is 3. The van der Waals surface area contributed by atoms with E-state index in [2.05, 4.69) is 0 Å². The summed E-state index contributed by atoms with van der Waals surface area (Å²) in [5.74, 6) is 0.642. The van der Waals surface area contributed by atoms with E-state index < -0.39 is 0 Å². The van der Waals surface area contributed by atoms with Crippen LogP contribution in [0.1, 0.15) is 11.1 Å². The van der Waals surface area contributed by atoms with Crippen LogP contribution in [0.15, 0.2) is 12.1 Å². The summed E-state index contributed by atoms with van der Waals surface area (Å²) in [5.41, 5.74) is 1.91. The molecule has 0 aromatic heterocycles. The van der Waals surface area contributed by atoms with Gasteiger partial charge in [-0.05, 0) is 24.1 Å². The molecule has 0 saturated heterocycles. The number of benzene rings is 1. The minimum Gasteiger partial charge on any atom is -0.495 e. The number of aryl methyl sites for hydroxylation is 1. The molecule has 1 rings (SSSR count). The van der Waals surface area contributed by atoms with E-state index in [1.165, 1.54) is 0 Å². The van der Waals surface area contributed by atoms with E-state index in [1.807, 2.05) is 19.1 Å². The van der Waals surface area contributed by atoms with Gasteiger partial charge in [0.1, 0.15) is 5.75 Å². The largest absolute Gasteiger partial charge is 0.495 e. The lowest BCUT2D eigenvalue weighted by Gasteiger charge is -2.12. The van der Waals surface area contributed by atoms with E-state index in [1.54, 1.807) is 14.2 Å². The molecule has 0 amide bonds. The summed E-state index contributed by atoms with van der Waals surface area (Å²) in [7, 11) is 3.17. The van der Waals surface area contributed by atoms with Crippen molar-refractivity contribution in [2.45, 2.75) is 13.5 Å². The van der Waals surface area contributed by atoms with E-state index in [9.17, 15) is 0 Å². The van der Waals surface area contributed by atoms with Gasteiger partial charge in [-0.25, -0.2) is 0 Å². The number of hydroxylamine groups is 2. The first-order valence-electron chi connectivity index (χ1n) is 4.27. The molecule has 3 nitrogen and oxygen atoms in total. The van der Waals surface area contributed by atoms with Crippen LogP contribution in [0.3, 0.4) is 0 Å². The van der Waals surface area contributed by atoms with Crippen LogP contribution in [0.5, 0.6) is 5.75 Å². The van der Waals surface area contributed by atoms with Crippen molar-refractivity contribution in [1.82, 2.24) is 5.06 Å². The maximum Gasteiger partial charge on any atom is 0.138 e. The average Bonchev–Trinajstić information content (AvgIpc) is 2.10. The summed E-state index contributed by atoms with van der Waals surface area (Å²) in [5, 5.41) is 10.8. The van der Waals surface area contributed by atoms with Crippen molar-refractivity contribution in [2.24, 2.45) is 0 Å². The van der Waals surface area contributed by atoms with Gasteiger partial charge in [0, 0.05) is 13.6 Å². The first-order valence-corrected chi connectivity index (χ1v) is 4.65. The zero-order valence-corrected chi connectivity index (χ0v) is 9.30. The predicted molar refractivity (Wildman–Crippen MR) is 56.0 cm³/mol. The Morgan fingerprint density at radius 3 is 2.64 bits per heavy atom. The Morgan fingerprint density at radius 1 is 1.50 bits per heavy atom. The first kappa shape index (κ1) is 11.3. The first-order chi connectivity index (χ1) is 6.54. The summed E-state index contributed by atoms with van der Waals surface area (Å²) in [4.78, 5) is 0. The highest BCUT2D eigenvalue weighted by Crippen LogP contribution is 2.29. The predicted octanol–water partition coefficient (Wildman–Crippen LogP) is 2.48. The molecule has 0 aliphatic heterocycles. The third-order valence-corrected chi connectivity index (χ3v) is 2.40. The van der Waals surface area contributed by atoms with E-state index in [0.29, 0.717) is 17.3 Å². The van der Waals surface area contributed by atoms with Gasteiger partial charge in [-0.15, -0.1) is 0 Å². The lowest BCUT2D eigenvalue weighted by atomic mass is 10.1. The Balaban J connectivity index is 3.03. The van der Waals surface area contributed by atoms with Crippen molar-refractivity contribution >= 4 is 11.6 Å². The molecule has 0 aliphatic carbocycles. The molecule has 0 radical (unpaired) electrons. The van der Waals surface area contributed by atoms with Crippen LogP contribution >= 0.6 is 11.6 Å². The van der Waals surface area contributed by atoms with E-state index >= 15 is 0 Å². The SMILES string of the molecule is COc1cc(CN(C)O)cc(C)c1Cl. The second kappa shape index (κ2) is 4.64. The van der Waals surface area contributed by atoms with E-state index in [0.717, 1.165) is 16.2 Å². The molecule has 1 aromatic carbocycles. The van der Waals surface area contributed by atoms with Crippen molar-refractivity contribution < 1.29 is 9.94 Å². The van der Waals surface area contributed by atoms with E-state index in [-0.39, 0.29) is 0 Å². The highest BCUT2D eigenvalue weighted by molar-refractivity contribution is 6.32. The monoisotopic (exact) mass is 215 g/mol. The van der Waals surface area contributed by atoms with Crippen LogP contribution in [-0.4, -0.2) is 24.4 Å². The fraction of sp³-hybridized carbons (Fsp3) is 0.400. The smallest absolute Gasteiger partial charge is 0.138 e. The highest BCUT2D eigenvalue weighted by atomic mass is 35.5. The lowest BCUT2D eigenvalue weighted by Crippen LogP contribution is -2.11. The van der Waals surface area contributed by atoms with Crippen molar-refractivity contribution in [1.29, 1.82) is 0 Å². The highest BCUT2D eigenvalue weighted by Gasteiger charge is 2.07. The number of rotatable bonds is 3. The van der Waals surface area contributed by atoms with Crippen molar-refractivity contribution in [3.05, 3.63) is 28.3 Å². The second-order valence-corrected chi connectivity index (χ2v) is 3.62. The Hall–Kier alpha value is -0.770. The van der Waals surface area contributed by atoms with Gasteiger partial charge in [0.2, 0.25) is 0 Å². The Bertz CT molecular complexity index is 326. The molecule has 0 atom stereocenters. The summed E-state index contributed by atoms with van der Waals surface area (Å²) in [6.07, 6.45) is 0. The fourth-order valence-electron chi connectivity index (χ4n) is 1.31. The summed E-state index contributed by atoms with van der Waals surface area (Å²) in [6, 6.07) is 3.75. The number of halogens is 1. The number of nitrogens with zero attached hydrogens (tertiary/aromatic N) is 1. The van der Waals surface area contributed by atoms with Gasteiger partial charge in [0.15, 0.2) is 0 Å². The van der Waals surface area contributed by atoms with E-state index in [4.69, 9.17) is 21.5 Å². The molecule has 14 heavy (non-hydrogen) atoms. The third kappa shape index (κ3) is 2.61. The number of hydrogen-bond donors (Lipinski definition) is 1. The van der Waals surface area contributed by atoms with Crippen LogP contribution in [-0.2, 0) is 6.54 Å². The van der Waals surface area contributed by atoms with Gasteiger partial charge in [0.05, 0.1) is 12.1 Å². The van der Waals surface area contributed by atoms with Crippen LogP contribution in [0.4, 0.5) is 0 Å². The van der Waals surface area contributed by atoms with Crippen molar-refractivity contribution in [3.63, 3.8) is 0 Å². The standard InChI is InChI=1S/C10H14ClNO2/c1-7-4-8(6-12(2)13)5-9(14-3)10(7)11/h4-5,13H,6H2,1-3H3. The molecule has 0 saturated carbocycles. The minimum absolute atomic E-state index is 0.453. The average molecular weight is 216 g/mol. The molecule has 0 unspecified atom stereocenters. The molecular formula is C10H14ClNO2. The number of methoxy groups -OCH3 is 1. The molecule has 1 aromatic rings. The minimum atomic E-state index is 0.453. The molecule has 0 bridgehead atoms. The Labute approximate surface area is 88.8 Å². The van der Waals surface area contributed by atoms with Gasteiger partial charge in [0.25, 0.3) is 0 Å². The van der Waals surface area contributed by atoms with Gasteiger partial charge < -0.3 is 9.94 Å². The van der Waals surface area contributed by atoms with Crippen molar-refractivity contribution in [3.8, 4) is 5.75 Å². The summed E-state index contributed by atoms with van der Waals surface area (Å²) in [6.45, 7) is 2.36. The lowest BCUT2D eigenvalue weighted by molar-refractivity contribution is -0.0731. The molecule has 0 heterocycles. The fourth-order valence-corrected chi connectivity index (χ4v) is 1.50. The Morgan fingerprint density at radius 2 is 2.14 bits per heavy atom. The van der Waals surface area contributed by atoms with Crippen LogP contribution in [0.25, 0.3) is 0 Å². The van der Waals surface area contributed by atoms with Gasteiger partial charge in [-0.1, -0.05) is 17.7 Å². The summed E-state index contributed by atoms with van der Waals surface area (Å²) >= 11 is 6.00.